The molecule has 8 nitrogen and oxygen atoms in total. The second-order valence-corrected chi connectivity index (χ2v) is 9.42. The highest BCUT2D eigenvalue weighted by atomic mass is 32.1. The third kappa shape index (κ3) is 3.99. The van der Waals surface area contributed by atoms with Gasteiger partial charge in [-0.05, 0) is 50.6 Å². The van der Waals surface area contributed by atoms with Gasteiger partial charge in [-0.1, -0.05) is 35.6 Å². The minimum absolute atomic E-state index is 0.137. The van der Waals surface area contributed by atoms with Crippen molar-refractivity contribution >= 4 is 23.3 Å². The van der Waals surface area contributed by atoms with Crippen molar-refractivity contribution in [1.29, 1.82) is 0 Å². The molecule has 0 N–H and O–H groups in total. The Hall–Kier alpha value is -3.85. The molecule has 2 aliphatic heterocycles. The highest BCUT2D eigenvalue weighted by molar-refractivity contribution is 7.07. The normalized spacial score (nSPS) is 16.6. The van der Waals surface area contributed by atoms with Crippen molar-refractivity contribution in [3.05, 3.63) is 84.5 Å². The minimum atomic E-state index is -0.663. The Balaban J connectivity index is 1.72. The largest absolute Gasteiger partial charge is 0.496 e. The van der Waals surface area contributed by atoms with Crippen molar-refractivity contribution in [3.63, 3.8) is 0 Å². The molecular weight excluding hydrogens is 478 g/mol. The number of methoxy groups -OCH3 is 1. The molecule has 3 aromatic rings. The first-order valence-corrected chi connectivity index (χ1v) is 12.6. The predicted octanol–water partition coefficient (Wildman–Crippen LogP) is 2.84. The first-order chi connectivity index (χ1) is 17.5. The molecule has 0 aliphatic carbocycles. The van der Waals surface area contributed by atoms with Crippen LogP contribution in [0.5, 0.6) is 17.2 Å². The number of amides is 1. The molecule has 0 saturated heterocycles. The molecule has 36 heavy (non-hydrogen) atoms. The van der Waals surface area contributed by atoms with E-state index in [1.54, 1.807) is 16.6 Å². The third-order valence-electron chi connectivity index (χ3n) is 6.43. The van der Waals surface area contributed by atoms with Gasteiger partial charge in [0.2, 0.25) is 6.79 Å². The lowest BCUT2D eigenvalue weighted by atomic mass is 9.94. The van der Waals surface area contributed by atoms with Gasteiger partial charge in [-0.25, -0.2) is 4.99 Å². The molecule has 9 heteroatoms. The Kier molecular flexibility index (Phi) is 6.40. The molecule has 0 saturated carbocycles. The molecule has 0 fully saturated rings. The Morgan fingerprint density at radius 1 is 1.19 bits per heavy atom. The van der Waals surface area contributed by atoms with Crippen LogP contribution in [0.3, 0.4) is 0 Å². The van der Waals surface area contributed by atoms with E-state index in [9.17, 15) is 9.59 Å². The number of hydrogen-bond donors (Lipinski definition) is 0. The summed E-state index contributed by atoms with van der Waals surface area (Å²) < 4.78 is 18.7. The molecular formula is C27H27N3O5S. The topological polar surface area (TPSA) is 82.4 Å². The molecule has 1 atom stereocenters. The number of benzene rings is 2. The lowest BCUT2D eigenvalue weighted by Crippen LogP contribution is -2.43. The lowest BCUT2D eigenvalue weighted by Gasteiger charge is -2.29. The van der Waals surface area contributed by atoms with E-state index in [-0.39, 0.29) is 18.3 Å². The summed E-state index contributed by atoms with van der Waals surface area (Å²) in [5.41, 5.74) is 2.41. The highest BCUT2D eigenvalue weighted by Gasteiger charge is 2.35. The number of allylic oxidation sites excluding steroid dienone is 1. The van der Waals surface area contributed by atoms with Crippen molar-refractivity contribution in [3.8, 4) is 17.2 Å². The van der Waals surface area contributed by atoms with Crippen LogP contribution in [0.25, 0.3) is 6.08 Å². The molecule has 1 aromatic heterocycles. The number of carbonyl (C=O) groups excluding carboxylic acids is 1. The van der Waals surface area contributed by atoms with E-state index >= 15 is 0 Å². The molecule has 2 aromatic carbocycles. The van der Waals surface area contributed by atoms with Crippen LogP contribution in [0.4, 0.5) is 0 Å². The van der Waals surface area contributed by atoms with Crippen molar-refractivity contribution in [2.75, 3.05) is 27.0 Å². The van der Waals surface area contributed by atoms with Gasteiger partial charge in [-0.15, -0.1) is 0 Å². The van der Waals surface area contributed by atoms with Gasteiger partial charge in [-0.3, -0.25) is 14.2 Å². The fraction of sp³-hybridized carbons (Fsp3) is 0.296. The number of hydrogen-bond acceptors (Lipinski definition) is 7. The first-order valence-electron chi connectivity index (χ1n) is 11.8. The Bertz CT molecular complexity index is 1550. The zero-order valence-electron chi connectivity index (χ0n) is 20.6. The number of thiazole rings is 1. The van der Waals surface area contributed by atoms with Gasteiger partial charge >= 0.3 is 0 Å². The maximum absolute atomic E-state index is 13.9. The van der Waals surface area contributed by atoms with Gasteiger partial charge in [0, 0.05) is 18.7 Å². The highest BCUT2D eigenvalue weighted by Crippen LogP contribution is 2.36. The molecule has 5 rings (SSSR count). The van der Waals surface area contributed by atoms with Crippen LogP contribution in [-0.2, 0) is 4.79 Å². The number of ether oxygens (including phenoxy) is 3. The standard InChI is InChI=1S/C27H27N3O5S/c1-5-29(6-2)26(32)23-16(3)28-27-30(24(23)18-9-7-8-10-19(18)33-4)25(31)22(36-27)14-17-11-12-20-21(13-17)35-15-34-20/h7-14,24H,5-6,15H2,1-4H3/b22-14+/t24-/m1/s1. The van der Waals surface area contributed by atoms with E-state index in [4.69, 9.17) is 19.2 Å². The third-order valence-corrected chi connectivity index (χ3v) is 7.41. The van der Waals surface area contributed by atoms with Crippen molar-refractivity contribution in [2.45, 2.75) is 26.8 Å². The number of likely N-dealkylation sites (N-methyl/N-ethyl adjacent to an activating group) is 1. The average molecular weight is 506 g/mol. The molecule has 1 amide bonds. The molecule has 186 valence electrons. The van der Waals surface area contributed by atoms with Crippen LogP contribution in [0.15, 0.2) is 63.5 Å². The Labute approximate surface area is 212 Å². The summed E-state index contributed by atoms with van der Waals surface area (Å²) in [6.07, 6.45) is 1.82. The second kappa shape index (κ2) is 9.66. The summed E-state index contributed by atoms with van der Waals surface area (Å²) in [5, 5.41) is 0. The van der Waals surface area contributed by atoms with Crippen LogP contribution < -0.4 is 29.1 Å². The van der Waals surface area contributed by atoms with E-state index in [0.29, 0.717) is 50.9 Å². The summed E-state index contributed by atoms with van der Waals surface area (Å²) >= 11 is 1.30. The lowest BCUT2D eigenvalue weighted by molar-refractivity contribution is -0.127. The maximum atomic E-state index is 13.9. The molecule has 0 unspecified atom stereocenters. The van der Waals surface area contributed by atoms with E-state index in [1.165, 1.54) is 11.3 Å². The van der Waals surface area contributed by atoms with Gasteiger partial charge in [0.1, 0.15) is 11.8 Å². The van der Waals surface area contributed by atoms with Gasteiger partial charge < -0.3 is 19.1 Å². The summed E-state index contributed by atoms with van der Waals surface area (Å²) in [5.74, 6) is 1.79. The number of rotatable bonds is 6. The molecule has 0 spiro atoms. The molecule has 0 radical (unpaired) electrons. The number of nitrogens with zero attached hydrogens (tertiary/aromatic N) is 3. The number of carbonyl (C=O) groups is 1. The number of fused-ring (bicyclic) bond motifs is 2. The van der Waals surface area contributed by atoms with Gasteiger partial charge in [0.05, 0.1) is 22.9 Å². The summed E-state index contributed by atoms with van der Waals surface area (Å²) in [6, 6.07) is 12.4. The number of para-hydroxylation sites is 1. The van der Waals surface area contributed by atoms with Crippen LogP contribution in [0.2, 0.25) is 0 Å². The Morgan fingerprint density at radius 2 is 1.94 bits per heavy atom. The summed E-state index contributed by atoms with van der Waals surface area (Å²) in [7, 11) is 1.59. The quantitative estimate of drug-likeness (QED) is 0.515. The van der Waals surface area contributed by atoms with Gasteiger partial charge in [0.15, 0.2) is 16.3 Å². The van der Waals surface area contributed by atoms with E-state index in [2.05, 4.69) is 0 Å². The fourth-order valence-electron chi connectivity index (χ4n) is 4.62. The fourth-order valence-corrected chi connectivity index (χ4v) is 5.66. The van der Waals surface area contributed by atoms with Crippen molar-refractivity contribution in [1.82, 2.24) is 9.47 Å². The number of aromatic nitrogens is 1. The van der Waals surface area contributed by atoms with Gasteiger partial charge in [-0.2, -0.15) is 0 Å². The van der Waals surface area contributed by atoms with Gasteiger partial charge in [0.25, 0.3) is 11.5 Å². The minimum Gasteiger partial charge on any atom is -0.496 e. The van der Waals surface area contributed by atoms with Crippen molar-refractivity contribution < 1.29 is 19.0 Å². The maximum Gasteiger partial charge on any atom is 0.271 e. The molecule has 2 aliphatic rings. The van der Waals surface area contributed by atoms with Crippen LogP contribution >= 0.6 is 11.3 Å². The molecule has 0 bridgehead atoms. The Morgan fingerprint density at radius 3 is 2.69 bits per heavy atom. The van der Waals surface area contributed by atoms with Crippen LogP contribution in [-0.4, -0.2) is 42.4 Å². The zero-order chi connectivity index (χ0) is 25.4. The predicted molar refractivity (Wildman–Crippen MR) is 137 cm³/mol. The van der Waals surface area contributed by atoms with E-state index < -0.39 is 6.04 Å². The molecule has 3 heterocycles. The van der Waals surface area contributed by atoms with Crippen LogP contribution in [0.1, 0.15) is 37.9 Å². The SMILES string of the molecule is CCN(CC)C(=O)C1=C(C)N=c2s/c(=C/c3ccc4c(c3)OCO4)c(=O)n2[C@@H]1c1ccccc1OC. The average Bonchev–Trinajstić information content (AvgIpc) is 3.47. The van der Waals surface area contributed by atoms with Crippen molar-refractivity contribution in [2.24, 2.45) is 4.99 Å². The van der Waals surface area contributed by atoms with E-state index in [1.807, 2.05) is 69.3 Å². The van der Waals surface area contributed by atoms with Crippen LogP contribution in [0, 0.1) is 0 Å². The zero-order valence-corrected chi connectivity index (χ0v) is 21.4. The monoisotopic (exact) mass is 505 g/mol. The smallest absolute Gasteiger partial charge is 0.271 e. The van der Waals surface area contributed by atoms with E-state index in [0.717, 1.165) is 11.1 Å². The first kappa shape index (κ1) is 23.9. The summed E-state index contributed by atoms with van der Waals surface area (Å²) in [4.78, 5) is 34.6. The summed E-state index contributed by atoms with van der Waals surface area (Å²) in [6.45, 7) is 7.00. The second-order valence-electron chi connectivity index (χ2n) is 8.41.